The van der Waals surface area contributed by atoms with Crippen molar-refractivity contribution < 1.29 is 14.4 Å². The van der Waals surface area contributed by atoms with E-state index in [1.807, 2.05) is 0 Å². The van der Waals surface area contributed by atoms with Gasteiger partial charge in [0.15, 0.2) is 10.8 Å². The number of nitrogens with zero attached hydrogens (tertiary/aromatic N) is 3. The molecule has 0 saturated carbocycles. The normalized spacial score (nSPS) is 10.2. The van der Waals surface area contributed by atoms with Crippen LogP contribution in [0.25, 0.3) is 10.8 Å². The Hall–Kier alpha value is -3.66. The highest BCUT2D eigenvalue weighted by Gasteiger charge is 2.14. The second kappa shape index (κ2) is 8.15. The predicted molar refractivity (Wildman–Crippen MR) is 99.1 cm³/mol. The van der Waals surface area contributed by atoms with Crippen LogP contribution in [0.5, 0.6) is 0 Å². The Labute approximate surface area is 157 Å². The highest BCUT2D eigenvalue weighted by molar-refractivity contribution is 7.13. The van der Waals surface area contributed by atoms with Crippen molar-refractivity contribution >= 4 is 34.7 Å². The van der Waals surface area contributed by atoms with E-state index < -0.39 is 17.7 Å². The number of hydrogen-bond acceptors (Lipinski definition) is 7. The average molecular weight is 382 g/mol. The molecule has 0 aliphatic carbocycles. The van der Waals surface area contributed by atoms with Gasteiger partial charge in [0.25, 0.3) is 11.8 Å². The molecule has 3 rings (SSSR count). The molecule has 0 aliphatic rings. The van der Waals surface area contributed by atoms with Gasteiger partial charge in [0.2, 0.25) is 5.91 Å². The van der Waals surface area contributed by atoms with Gasteiger partial charge in [-0.25, -0.2) is 15.0 Å². The van der Waals surface area contributed by atoms with Crippen molar-refractivity contribution in [3.8, 4) is 10.8 Å². The number of anilines is 1. The van der Waals surface area contributed by atoms with Crippen molar-refractivity contribution in [1.29, 1.82) is 0 Å². The van der Waals surface area contributed by atoms with Crippen LogP contribution in [0, 0.1) is 0 Å². The number of rotatable bonds is 6. The van der Waals surface area contributed by atoms with Crippen molar-refractivity contribution in [2.45, 2.75) is 0 Å². The zero-order valence-corrected chi connectivity index (χ0v) is 14.7. The summed E-state index contributed by atoms with van der Waals surface area (Å²) in [6.45, 7) is -0.265. The topological polar surface area (TPSA) is 140 Å². The van der Waals surface area contributed by atoms with E-state index in [1.54, 1.807) is 42.0 Å². The lowest BCUT2D eigenvalue weighted by molar-refractivity contribution is -0.117. The van der Waals surface area contributed by atoms with Crippen molar-refractivity contribution in [2.24, 2.45) is 5.73 Å². The first-order chi connectivity index (χ1) is 13.0. The SMILES string of the molecule is NC(=O)CNC(=O)c1cccc(NC(=O)c2csc(-c3ncccn3)n2)c1. The molecule has 0 radical (unpaired) electrons. The van der Waals surface area contributed by atoms with Crippen LogP contribution >= 0.6 is 11.3 Å². The molecule has 0 fully saturated rings. The molecule has 2 aromatic heterocycles. The van der Waals surface area contributed by atoms with Crippen LogP contribution in [-0.4, -0.2) is 39.2 Å². The molecule has 0 bridgehead atoms. The van der Waals surface area contributed by atoms with E-state index in [9.17, 15) is 14.4 Å². The van der Waals surface area contributed by atoms with Crippen molar-refractivity contribution in [3.05, 3.63) is 59.4 Å². The average Bonchev–Trinajstić information content (AvgIpc) is 3.17. The molecule has 0 atom stereocenters. The van der Waals surface area contributed by atoms with Gasteiger partial charge in [-0.05, 0) is 24.3 Å². The molecule has 2 heterocycles. The van der Waals surface area contributed by atoms with Crippen LogP contribution in [0.1, 0.15) is 20.8 Å². The summed E-state index contributed by atoms with van der Waals surface area (Å²) in [5.74, 6) is -1.10. The number of hydrogen-bond donors (Lipinski definition) is 3. The second-order valence-corrected chi connectivity index (χ2v) is 6.15. The minimum atomic E-state index is -0.644. The van der Waals surface area contributed by atoms with Crippen LogP contribution in [0.4, 0.5) is 5.69 Å². The lowest BCUT2D eigenvalue weighted by Gasteiger charge is -2.06. The van der Waals surface area contributed by atoms with Crippen molar-refractivity contribution in [2.75, 3.05) is 11.9 Å². The first-order valence-corrected chi connectivity index (χ1v) is 8.62. The van der Waals surface area contributed by atoms with Gasteiger partial charge in [-0.2, -0.15) is 0 Å². The quantitative estimate of drug-likeness (QED) is 0.582. The Morgan fingerprint density at radius 2 is 1.85 bits per heavy atom. The first kappa shape index (κ1) is 18.1. The fraction of sp³-hybridized carbons (Fsp3) is 0.0588. The molecule has 1 aromatic carbocycles. The molecule has 4 N–H and O–H groups in total. The van der Waals surface area contributed by atoms with Crippen molar-refractivity contribution in [3.63, 3.8) is 0 Å². The maximum atomic E-state index is 12.4. The Bertz CT molecular complexity index is 989. The maximum absolute atomic E-state index is 12.4. The molecular formula is C17H14N6O3S. The molecule has 3 aromatic rings. The van der Waals surface area contributed by atoms with Crippen molar-refractivity contribution in [1.82, 2.24) is 20.3 Å². The van der Waals surface area contributed by atoms with Crippen LogP contribution in [-0.2, 0) is 4.79 Å². The van der Waals surface area contributed by atoms with Gasteiger partial charge in [0.05, 0.1) is 6.54 Å². The Kier molecular flexibility index (Phi) is 5.47. The fourth-order valence-corrected chi connectivity index (χ4v) is 2.84. The zero-order chi connectivity index (χ0) is 19.2. The van der Waals surface area contributed by atoms with Crippen LogP contribution in [0.3, 0.4) is 0 Å². The number of nitrogens with two attached hydrogens (primary N) is 1. The number of benzene rings is 1. The highest BCUT2D eigenvalue weighted by atomic mass is 32.1. The maximum Gasteiger partial charge on any atom is 0.275 e. The minimum absolute atomic E-state index is 0.214. The van der Waals surface area contributed by atoms with Gasteiger partial charge >= 0.3 is 0 Å². The fourth-order valence-electron chi connectivity index (χ4n) is 2.09. The molecule has 3 amide bonds. The number of carbonyl (C=O) groups is 3. The third-order valence-electron chi connectivity index (χ3n) is 3.30. The minimum Gasteiger partial charge on any atom is -0.368 e. The molecule has 9 nitrogen and oxygen atoms in total. The molecule has 0 saturated heterocycles. The second-order valence-electron chi connectivity index (χ2n) is 5.29. The molecule has 136 valence electrons. The van der Waals surface area contributed by atoms with E-state index in [2.05, 4.69) is 25.6 Å². The number of primary amides is 1. The number of thiazole rings is 1. The molecule has 0 spiro atoms. The third-order valence-corrected chi connectivity index (χ3v) is 4.14. The van der Waals surface area contributed by atoms with Gasteiger partial charge in [-0.3, -0.25) is 14.4 Å². The number of carbonyl (C=O) groups excluding carboxylic acids is 3. The summed E-state index contributed by atoms with van der Waals surface area (Å²) in [6, 6.07) is 7.98. The van der Waals surface area contributed by atoms with Gasteiger partial charge in [-0.15, -0.1) is 11.3 Å². The number of aromatic nitrogens is 3. The summed E-state index contributed by atoms with van der Waals surface area (Å²) in [5, 5.41) is 7.19. The summed E-state index contributed by atoms with van der Waals surface area (Å²) >= 11 is 1.25. The summed E-state index contributed by atoms with van der Waals surface area (Å²) in [5.41, 5.74) is 5.91. The standard InChI is InChI=1S/C17H14N6O3S/c18-13(24)8-21-15(25)10-3-1-4-11(7-10)22-16(26)12-9-27-17(23-12)14-19-5-2-6-20-14/h1-7,9H,8H2,(H2,18,24)(H,21,25)(H,22,26). The molecule has 27 heavy (non-hydrogen) atoms. The summed E-state index contributed by atoms with van der Waals surface area (Å²) in [7, 11) is 0. The molecule has 10 heteroatoms. The van der Waals surface area contributed by atoms with Crippen LogP contribution < -0.4 is 16.4 Å². The summed E-state index contributed by atoms with van der Waals surface area (Å²) in [6.07, 6.45) is 3.19. The zero-order valence-electron chi connectivity index (χ0n) is 13.9. The number of nitrogens with one attached hydrogen (secondary N) is 2. The highest BCUT2D eigenvalue weighted by Crippen LogP contribution is 2.20. The van der Waals surface area contributed by atoms with E-state index in [4.69, 9.17) is 5.73 Å². The van der Waals surface area contributed by atoms with Gasteiger partial charge < -0.3 is 16.4 Å². The smallest absolute Gasteiger partial charge is 0.275 e. The Balaban J connectivity index is 1.69. The van der Waals surface area contributed by atoms with E-state index >= 15 is 0 Å². The van der Waals surface area contributed by atoms with Gasteiger partial charge in [0, 0.05) is 29.0 Å². The van der Waals surface area contributed by atoms with Crippen LogP contribution in [0.2, 0.25) is 0 Å². The molecular weight excluding hydrogens is 368 g/mol. The van der Waals surface area contributed by atoms with Gasteiger partial charge in [0.1, 0.15) is 5.69 Å². The van der Waals surface area contributed by atoms with E-state index in [-0.39, 0.29) is 17.8 Å². The summed E-state index contributed by atoms with van der Waals surface area (Å²) < 4.78 is 0. The first-order valence-electron chi connectivity index (χ1n) is 7.74. The Morgan fingerprint density at radius 1 is 1.07 bits per heavy atom. The third kappa shape index (κ3) is 4.70. The number of amides is 3. The van der Waals surface area contributed by atoms with E-state index in [0.717, 1.165) is 0 Å². The lowest BCUT2D eigenvalue weighted by atomic mass is 10.2. The summed E-state index contributed by atoms with van der Waals surface area (Å²) in [4.78, 5) is 47.5. The lowest BCUT2D eigenvalue weighted by Crippen LogP contribution is -2.33. The monoisotopic (exact) mass is 382 g/mol. The van der Waals surface area contributed by atoms with E-state index in [1.165, 1.54) is 17.4 Å². The molecule has 0 unspecified atom stereocenters. The Morgan fingerprint density at radius 3 is 2.59 bits per heavy atom. The predicted octanol–water partition coefficient (Wildman–Crippen LogP) is 1.07. The van der Waals surface area contributed by atoms with E-state index in [0.29, 0.717) is 16.5 Å². The molecule has 0 aliphatic heterocycles. The largest absolute Gasteiger partial charge is 0.368 e. The van der Waals surface area contributed by atoms with Crippen LogP contribution in [0.15, 0.2) is 48.1 Å². The van der Waals surface area contributed by atoms with Gasteiger partial charge in [-0.1, -0.05) is 6.07 Å².